The maximum absolute atomic E-state index is 12.3. The molecule has 0 spiro atoms. The van der Waals surface area contributed by atoms with Crippen molar-refractivity contribution in [2.45, 2.75) is 32.7 Å². The highest BCUT2D eigenvalue weighted by atomic mass is 16.1. The van der Waals surface area contributed by atoms with Crippen molar-refractivity contribution in [3.8, 4) is 0 Å². The summed E-state index contributed by atoms with van der Waals surface area (Å²) in [7, 11) is 0. The third kappa shape index (κ3) is 3.77. The number of fused-ring (bicyclic) bond motifs is 1. The summed E-state index contributed by atoms with van der Waals surface area (Å²) in [5.74, 6) is -0.119. The lowest BCUT2D eigenvalue weighted by Gasteiger charge is -2.12. The fourth-order valence-corrected chi connectivity index (χ4v) is 2.59. The van der Waals surface area contributed by atoms with Gasteiger partial charge in [-0.3, -0.25) is 4.79 Å². The summed E-state index contributed by atoms with van der Waals surface area (Å²) in [6.07, 6.45) is 5.55. The second kappa shape index (κ2) is 6.65. The molecule has 3 rings (SSSR count). The van der Waals surface area contributed by atoms with Gasteiger partial charge < -0.3 is 9.72 Å². The first-order chi connectivity index (χ1) is 11.1. The number of pyridine rings is 1. The first kappa shape index (κ1) is 15.3. The van der Waals surface area contributed by atoms with Crippen molar-refractivity contribution in [2.24, 2.45) is 0 Å². The number of benzene rings is 1. The van der Waals surface area contributed by atoms with E-state index in [1.54, 1.807) is 6.20 Å². The molecule has 1 aromatic carbocycles. The van der Waals surface area contributed by atoms with Crippen LogP contribution in [-0.4, -0.2) is 21.3 Å². The molecule has 0 saturated carbocycles. The van der Waals surface area contributed by atoms with Crippen LogP contribution in [0.1, 0.15) is 35.0 Å². The van der Waals surface area contributed by atoms with E-state index in [9.17, 15) is 4.79 Å². The van der Waals surface area contributed by atoms with Crippen molar-refractivity contribution < 1.29 is 4.79 Å². The average Bonchev–Trinajstić information content (AvgIpc) is 2.97. The molecule has 0 radical (unpaired) electrons. The number of carbonyl (C=O) groups is 1. The van der Waals surface area contributed by atoms with Crippen LogP contribution < -0.4 is 5.32 Å². The number of hydrogen-bond acceptors (Lipinski definition) is 2. The van der Waals surface area contributed by atoms with Crippen molar-refractivity contribution >= 4 is 11.6 Å². The first-order valence-electron chi connectivity index (χ1n) is 7.92. The summed E-state index contributed by atoms with van der Waals surface area (Å²) in [5.41, 5.74) is 3.68. The topological polar surface area (TPSA) is 46.4 Å². The molecule has 0 aliphatic carbocycles. The van der Waals surface area contributed by atoms with E-state index in [0.717, 1.165) is 24.1 Å². The number of amides is 1. The molecule has 1 N–H and O–H groups in total. The third-order valence-corrected chi connectivity index (χ3v) is 3.93. The first-order valence-corrected chi connectivity index (χ1v) is 7.92. The molecule has 2 aromatic heterocycles. The second-order valence-electron chi connectivity index (χ2n) is 5.99. The fourth-order valence-electron chi connectivity index (χ4n) is 2.59. The summed E-state index contributed by atoms with van der Waals surface area (Å²) in [4.78, 5) is 16.7. The van der Waals surface area contributed by atoms with Crippen molar-refractivity contribution in [2.75, 3.05) is 0 Å². The van der Waals surface area contributed by atoms with Crippen LogP contribution in [0.2, 0.25) is 0 Å². The van der Waals surface area contributed by atoms with Gasteiger partial charge in [-0.15, -0.1) is 0 Å². The van der Waals surface area contributed by atoms with Gasteiger partial charge in [0.05, 0.1) is 0 Å². The number of rotatable bonds is 5. The number of imidazole rings is 1. The highest BCUT2D eigenvalue weighted by Crippen LogP contribution is 2.09. The summed E-state index contributed by atoms with van der Waals surface area (Å²) >= 11 is 0. The molecule has 118 valence electrons. The Bertz CT molecular complexity index is 808. The normalized spacial score (nSPS) is 12.3. The molecular weight excluding hydrogens is 286 g/mol. The molecule has 23 heavy (non-hydrogen) atoms. The van der Waals surface area contributed by atoms with Crippen molar-refractivity contribution in [3.05, 3.63) is 71.7 Å². The van der Waals surface area contributed by atoms with E-state index in [-0.39, 0.29) is 11.9 Å². The number of carbonyl (C=O) groups excluding carboxylic acids is 1. The second-order valence-corrected chi connectivity index (χ2v) is 5.99. The van der Waals surface area contributed by atoms with Gasteiger partial charge in [0.25, 0.3) is 5.91 Å². The van der Waals surface area contributed by atoms with Crippen molar-refractivity contribution in [3.63, 3.8) is 0 Å². The fraction of sp³-hybridized carbons (Fsp3) is 0.263. The van der Waals surface area contributed by atoms with Crippen molar-refractivity contribution in [1.29, 1.82) is 0 Å². The average molecular weight is 307 g/mol. The zero-order chi connectivity index (χ0) is 16.2. The van der Waals surface area contributed by atoms with E-state index in [2.05, 4.69) is 22.4 Å². The number of aromatic nitrogens is 2. The van der Waals surface area contributed by atoms with Gasteiger partial charge >= 0.3 is 0 Å². The standard InChI is InChI=1S/C19H21N3O/c1-14-10-11-22-13-17(21-18(22)12-14)19(23)20-15(2)8-9-16-6-4-3-5-7-16/h3-7,10-13,15H,8-9H2,1-2H3,(H,20,23). The molecule has 4 heteroatoms. The largest absolute Gasteiger partial charge is 0.348 e. The molecule has 1 amide bonds. The smallest absolute Gasteiger partial charge is 0.271 e. The molecule has 0 aliphatic rings. The maximum atomic E-state index is 12.3. The molecule has 3 aromatic rings. The van der Waals surface area contributed by atoms with Crippen molar-refractivity contribution in [1.82, 2.24) is 14.7 Å². The Morgan fingerprint density at radius 1 is 1.26 bits per heavy atom. The number of nitrogens with one attached hydrogen (secondary N) is 1. The number of hydrogen-bond donors (Lipinski definition) is 1. The maximum Gasteiger partial charge on any atom is 0.271 e. The van der Waals surface area contributed by atoms with Gasteiger partial charge in [-0.05, 0) is 49.9 Å². The minimum absolute atomic E-state index is 0.106. The molecule has 2 heterocycles. The summed E-state index contributed by atoms with van der Waals surface area (Å²) in [5, 5.41) is 3.03. The zero-order valence-corrected chi connectivity index (χ0v) is 13.5. The van der Waals surface area contributed by atoms with Gasteiger partial charge in [0.15, 0.2) is 0 Å². The Balaban J connectivity index is 1.61. The lowest BCUT2D eigenvalue weighted by atomic mass is 10.1. The van der Waals surface area contributed by atoms with Gasteiger partial charge in [0, 0.05) is 18.4 Å². The predicted molar refractivity (Wildman–Crippen MR) is 91.6 cm³/mol. The summed E-state index contributed by atoms with van der Waals surface area (Å²) < 4.78 is 1.87. The van der Waals surface area contributed by atoms with E-state index in [0.29, 0.717) is 5.69 Å². The quantitative estimate of drug-likeness (QED) is 0.785. The monoisotopic (exact) mass is 307 g/mol. The molecule has 0 bridgehead atoms. The third-order valence-electron chi connectivity index (χ3n) is 3.93. The lowest BCUT2D eigenvalue weighted by molar-refractivity contribution is 0.0934. The Morgan fingerprint density at radius 2 is 2.04 bits per heavy atom. The highest BCUT2D eigenvalue weighted by molar-refractivity contribution is 5.93. The van der Waals surface area contributed by atoms with Gasteiger partial charge in [0.2, 0.25) is 0 Å². The number of aryl methyl sites for hydroxylation is 2. The zero-order valence-electron chi connectivity index (χ0n) is 13.5. The Hall–Kier alpha value is -2.62. The van der Waals surface area contributed by atoms with Crippen LogP contribution in [0.3, 0.4) is 0 Å². The van der Waals surface area contributed by atoms with Gasteiger partial charge in [-0.2, -0.15) is 0 Å². The van der Waals surface area contributed by atoms with Gasteiger partial charge in [-0.1, -0.05) is 30.3 Å². The molecular formula is C19H21N3O. The molecule has 4 nitrogen and oxygen atoms in total. The molecule has 0 aliphatic heterocycles. The van der Waals surface area contributed by atoms with Gasteiger partial charge in [0.1, 0.15) is 11.3 Å². The highest BCUT2D eigenvalue weighted by Gasteiger charge is 2.13. The van der Waals surface area contributed by atoms with E-state index >= 15 is 0 Å². The Labute approximate surface area is 136 Å². The Morgan fingerprint density at radius 3 is 2.83 bits per heavy atom. The van der Waals surface area contributed by atoms with E-state index in [4.69, 9.17) is 0 Å². The van der Waals surface area contributed by atoms with Crippen LogP contribution >= 0.6 is 0 Å². The minimum Gasteiger partial charge on any atom is -0.348 e. The van der Waals surface area contributed by atoms with E-state index in [1.807, 2.05) is 54.8 Å². The predicted octanol–water partition coefficient (Wildman–Crippen LogP) is 3.39. The van der Waals surface area contributed by atoms with Crippen LogP contribution in [0, 0.1) is 6.92 Å². The molecule has 0 saturated heterocycles. The number of nitrogens with zero attached hydrogens (tertiary/aromatic N) is 2. The van der Waals surface area contributed by atoms with Crippen LogP contribution in [0.4, 0.5) is 0 Å². The Kier molecular flexibility index (Phi) is 4.42. The van der Waals surface area contributed by atoms with Crippen LogP contribution in [0.15, 0.2) is 54.9 Å². The molecule has 0 fully saturated rings. The minimum atomic E-state index is -0.119. The summed E-state index contributed by atoms with van der Waals surface area (Å²) in [6, 6.07) is 14.4. The summed E-state index contributed by atoms with van der Waals surface area (Å²) in [6.45, 7) is 4.04. The lowest BCUT2D eigenvalue weighted by Crippen LogP contribution is -2.33. The molecule has 1 atom stereocenters. The molecule has 1 unspecified atom stereocenters. The van der Waals surface area contributed by atoms with Crippen LogP contribution in [0.25, 0.3) is 5.65 Å². The van der Waals surface area contributed by atoms with Gasteiger partial charge in [-0.25, -0.2) is 4.98 Å². The van der Waals surface area contributed by atoms with Crippen LogP contribution in [0.5, 0.6) is 0 Å². The van der Waals surface area contributed by atoms with E-state index < -0.39 is 0 Å². The van der Waals surface area contributed by atoms with E-state index in [1.165, 1.54) is 5.56 Å². The SMILES string of the molecule is Cc1ccn2cc(C(=O)NC(C)CCc3ccccc3)nc2c1. The van der Waals surface area contributed by atoms with Crippen LogP contribution in [-0.2, 0) is 6.42 Å².